The Hall–Kier alpha value is -2.00. The van der Waals surface area contributed by atoms with E-state index in [-0.39, 0.29) is 23.9 Å². The van der Waals surface area contributed by atoms with Gasteiger partial charge in [0, 0.05) is 17.6 Å². The van der Waals surface area contributed by atoms with Gasteiger partial charge in [0.25, 0.3) is 0 Å². The van der Waals surface area contributed by atoms with Crippen LogP contribution in [0.25, 0.3) is 10.8 Å². The third-order valence-electron chi connectivity index (χ3n) is 4.82. The van der Waals surface area contributed by atoms with Gasteiger partial charge in [-0.15, -0.1) is 0 Å². The summed E-state index contributed by atoms with van der Waals surface area (Å²) in [6.45, 7) is 13.0. The largest absolute Gasteiger partial charge is 0.504 e. The van der Waals surface area contributed by atoms with Crippen LogP contribution in [0.1, 0.15) is 63.3 Å². The number of aryl methyl sites for hydroxylation is 1. The van der Waals surface area contributed by atoms with Gasteiger partial charge >= 0.3 is 0 Å². The molecule has 1 aliphatic heterocycles. The van der Waals surface area contributed by atoms with E-state index >= 15 is 0 Å². The van der Waals surface area contributed by atoms with Gasteiger partial charge in [0.1, 0.15) is 12.2 Å². The highest BCUT2D eigenvalue weighted by Gasteiger charge is 2.35. The number of allylic oxidation sites excluding steroid dienone is 1. The van der Waals surface area contributed by atoms with E-state index in [1.165, 1.54) is 11.1 Å². The number of rotatable bonds is 4. The van der Waals surface area contributed by atoms with E-state index in [4.69, 9.17) is 9.47 Å². The average Bonchev–Trinajstić information content (AvgIpc) is 2.54. The number of phenolic OH excluding ortho intramolecular Hbond substituents is 1. The van der Waals surface area contributed by atoms with Crippen molar-refractivity contribution < 1.29 is 14.6 Å². The SMILES string of the molecule is CCOC1c2c(C)ccc3cc(C(C)C)c(O)c(c23)OC1C=C(C)C. The summed E-state index contributed by atoms with van der Waals surface area (Å²) in [7, 11) is 0. The van der Waals surface area contributed by atoms with Crippen LogP contribution in [0.15, 0.2) is 29.8 Å². The maximum atomic E-state index is 10.9. The van der Waals surface area contributed by atoms with Crippen molar-refractivity contribution in [2.24, 2.45) is 0 Å². The van der Waals surface area contributed by atoms with Crippen LogP contribution < -0.4 is 4.74 Å². The van der Waals surface area contributed by atoms with Crippen LogP contribution in [0.4, 0.5) is 0 Å². The lowest BCUT2D eigenvalue weighted by Gasteiger charge is -2.34. The molecule has 0 fully saturated rings. The Balaban J connectivity index is 2.35. The molecule has 0 aliphatic carbocycles. The van der Waals surface area contributed by atoms with Crippen molar-refractivity contribution in [3.8, 4) is 11.5 Å². The van der Waals surface area contributed by atoms with Gasteiger partial charge in [0.15, 0.2) is 11.5 Å². The van der Waals surface area contributed by atoms with E-state index in [0.29, 0.717) is 12.4 Å². The lowest BCUT2D eigenvalue weighted by atomic mass is 9.87. The molecule has 0 spiro atoms. The number of aromatic hydroxyl groups is 1. The molecule has 3 nitrogen and oxygen atoms in total. The average molecular weight is 340 g/mol. The topological polar surface area (TPSA) is 38.7 Å². The van der Waals surface area contributed by atoms with Gasteiger partial charge in [0.05, 0.1) is 0 Å². The number of hydrogen-bond donors (Lipinski definition) is 1. The summed E-state index contributed by atoms with van der Waals surface area (Å²) in [5.41, 5.74) is 4.39. The standard InChI is InChI=1S/C22H28O3/c1-7-24-21-17(10-12(2)3)25-22-19-15(9-8-14(6)18(19)21)11-16(13(4)5)20(22)23/h8-11,13,17,21,23H,7H2,1-6H3. The van der Waals surface area contributed by atoms with Crippen LogP contribution in [-0.4, -0.2) is 17.8 Å². The summed E-state index contributed by atoms with van der Waals surface area (Å²) < 4.78 is 12.4. The van der Waals surface area contributed by atoms with Crippen molar-refractivity contribution in [1.82, 2.24) is 0 Å². The maximum Gasteiger partial charge on any atom is 0.170 e. The van der Waals surface area contributed by atoms with Gasteiger partial charge in [-0.3, -0.25) is 0 Å². The number of benzene rings is 2. The van der Waals surface area contributed by atoms with Gasteiger partial charge in [-0.2, -0.15) is 0 Å². The van der Waals surface area contributed by atoms with Gasteiger partial charge < -0.3 is 14.6 Å². The fourth-order valence-corrected chi connectivity index (χ4v) is 3.69. The van der Waals surface area contributed by atoms with E-state index < -0.39 is 0 Å². The molecule has 1 heterocycles. The lowest BCUT2D eigenvalue weighted by Crippen LogP contribution is -2.30. The van der Waals surface area contributed by atoms with E-state index in [1.54, 1.807) is 0 Å². The Morgan fingerprint density at radius 2 is 2.04 bits per heavy atom. The zero-order valence-electron chi connectivity index (χ0n) is 16.0. The Morgan fingerprint density at radius 1 is 1.32 bits per heavy atom. The van der Waals surface area contributed by atoms with E-state index in [0.717, 1.165) is 21.9 Å². The minimum absolute atomic E-state index is 0.166. The predicted octanol–water partition coefficient (Wildman–Crippen LogP) is 5.78. The van der Waals surface area contributed by atoms with E-state index in [9.17, 15) is 5.11 Å². The molecule has 0 amide bonds. The van der Waals surface area contributed by atoms with Gasteiger partial charge in [-0.25, -0.2) is 0 Å². The molecule has 0 saturated carbocycles. The summed E-state index contributed by atoms with van der Waals surface area (Å²) in [6, 6.07) is 6.32. The van der Waals surface area contributed by atoms with Crippen molar-refractivity contribution >= 4 is 10.8 Å². The zero-order valence-corrected chi connectivity index (χ0v) is 16.0. The number of hydrogen-bond acceptors (Lipinski definition) is 3. The van der Waals surface area contributed by atoms with Crippen LogP contribution in [0.3, 0.4) is 0 Å². The molecule has 3 heteroatoms. The molecular formula is C22H28O3. The van der Waals surface area contributed by atoms with Gasteiger partial charge in [-0.1, -0.05) is 31.6 Å². The molecule has 0 radical (unpaired) electrons. The molecule has 0 aromatic heterocycles. The molecule has 3 rings (SSSR count). The molecule has 0 bridgehead atoms. The third-order valence-corrected chi connectivity index (χ3v) is 4.82. The van der Waals surface area contributed by atoms with Crippen LogP contribution in [0.2, 0.25) is 0 Å². The van der Waals surface area contributed by atoms with Crippen LogP contribution in [-0.2, 0) is 4.74 Å². The second-order valence-electron chi connectivity index (χ2n) is 7.39. The summed E-state index contributed by atoms with van der Waals surface area (Å²) >= 11 is 0. The van der Waals surface area contributed by atoms with Crippen LogP contribution in [0, 0.1) is 6.92 Å². The van der Waals surface area contributed by atoms with Gasteiger partial charge in [-0.05, 0) is 62.3 Å². The molecule has 0 saturated heterocycles. The summed E-state index contributed by atoms with van der Waals surface area (Å²) in [4.78, 5) is 0. The van der Waals surface area contributed by atoms with Crippen LogP contribution >= 0.6 is 0 Å². The Morgan fingerprint density at radius 3 is 2.64 bits per heavy atom. The summed E-state index contributed by atoms with van der Waals surface area (Å²) in [6.07, 6.45) is 1.68. The molecule has 2 aromatic rings. The first-order valence-corrected chi connectivity index (χ1v) is 9.07. The maximum absolute atomic E-state index is 10.9. The quantitative estimate of drug-likeness (QED) is 0.717. The van der Waals surface area contributed by atoms with Gasteiger partial charge in [0.2, 0.25) is 0 Å². The highest BCUT2D eigenvalue weighted by atomic mass is 16.5. The molecule has 2 unspecified atom stereocenters. The predicted molar refractivity (Wildman–Crippen MR) is 103 cm³/mol. The molecule has 2 atom stereocenters. The highest BCUT2D eigenvalue weighted by Crippen LogP contribution is 2.50. The van der Waals surface area contributed by atoms with Crippen molar-refractivity contribution in [2.75, 3.05) is 6.61 Å². The van der Waals surface area contributed by atoms with Crippen molar-refractivity contribution in [3.05, 3.63) is 46.5 Å². The first-order valence-electron chi connectivity index (χ1n) is 9.07. The minimum Gasteiger partial charge on any atom is -0.504 e. The lowest BCUT2D eigenvalue weighted by molar-refractivity contribution is -0.00793. The Kier molecular flexibility index (Phi) is 4.79. The zero-order chi connectivity index (χ0) is 18.3. The summed E-state index contributed by atoms with van der Waals surface area (Å²) in [5, 5.41) is 13.0. The number of ether oxygens (including phenoxy) is 2. The fourth-order valence-electron chi connectivity index (χ4n) is 3.69. The highest BCUT2D eigenvalue weighted by molar-refractivity contribution is 5.96. The van der Waals surface area contributed by atoms with E-state index in [1.807, 2.05) is 6.92 Å². The molecular weight excluding hydrogens is 312 g/mol. The van der Waals surface area contributed by atoms with Crippen molar-refractivity contribution in [1.29, 1.82) is 0 Å². The van der Waals surface area contributed by atoms with Crippen molar-refractivity contribution in [2.45, 2.75) is 59.7 Å². The Bertz CT molecular complexity index is 829. The first kappa shape index (κ1) is 17.8. The molecule has 1 N–H and O–H groups in total. The van der Waals surface area contributed by atoms with Crippen molar-refractivity contribution in [3.63, 3.8) is 0 Å². The molecule has 134 valence electrons. The second-order valence-corrected chi connectivity index (χ2v) is 7.39. The van der Waals surface area contributed by atoms with Crippen LogP contribution in [0.5, 0.6) is 11.5 Å². The summed E-state index contributed by atoms with van der Waals surface area (Å²) in [5.74, 6) is 1.08. The second kappa shape index (κ2) is 6.72. The molecule has 1 aliphatic rings. The fraction of sp³-hybridized carbons (Fsp3) is 0.455. The smallest absolute Gasteiger partial charge is 0.170 e. The van der Waals surface area contributed by atoms with E-state index in [2.05, 4.69) is 58.9 Å². The molecule has 2 aromatic carbocycles. The third kappa shape index (κ3) is 3.02. The monoisotopic (exact) mass is 340 g/mol. The Labute approximate surface area is 150 Å². The first-order chi connectivity index (χ1) is 11.8. The normalized spacial score (nSPS) is 19.2. The minimum atomic E-state index is -0.241. The molecule has 25 heavy (non-hydrogen) atoms. The number of phenols is 1.